The number of amides is 1. The second-order valence-electron chi connectivity index (χ2n) is 6.68. The Balaban J connectivity index is 1.42. The largest absolute Gasteiger partial charge is 0.379 e. The van der Waals surface area contributed by atoms with Gasteiger partial charge >= 0.3 is 0 Å². The monoisotopic (exact) mass is 343 g/mol. The average Bonchev–Trinajstić information content (AvgIpc) is 3.32. The smallest absolute Gasteiger partial charge is 0.255 e. The molecule has 2 aliphatic heterocycles. The highest BCUT2D eigenvalue weighted by molar-refractivity contribution is 6.01. The van der Waals surface area contributed by atoms with Gasteiger partial charge in [-0.25, -0.2) is 4.52 Å². The summed E-state index contributed by atoms with van der Waals surface area (Å²) >= 11 is 0. The quantitative estimate of drug-likeness (QED) is 0.877. The summed E-state index contributed by atoms with van der Waals surface area (Å²) in [6.45, 7) is 7.10. The Morgan fingerprint density at radius 2 is 2.00 bits per heavy atom. The molecule has 0 aromatic carbocycles. The van der Waals surface area contributed by atoms with E-state index in [0.29, 0.717) is 12.1 Å². The molecule has 0 bridgehead atoms. The van der Waals surface area contributed by atoms with Crippen LogP contribution < -0.4 is 10.2 Å². The van der Waals surface area contributed by atoms with Crippen molar-refractivity contribution in [3.05, 3.63) is 30.1 Å². The Morgan fingerprint density at radius 3 is 2.80 bits per heavy atom. The van der Waals surface area contributed by atoms with E-state index in [4.69, 9.17) is 4.74 Å². The fourth-order valence-corrected chi connectivity index (χ4v) is 3.56. The van der Waals surface area contributed by atoms with Crippen molar-refractivity contribution < 1.29 is 9.53 Å². The van der Waals surface area contributed by atoms with Gasteiger partial charge in [0, 0.05) is 51.2 Å². The van der Waals surface area contributed by atoms with E-state index in [-0.39, 0.29) is 5.91 Å². The number of hydrogen-bond acceptors (Lipinski definition) is 5. The minimum Gasteiger partial charge on any atom is -0.379 e. The molecule has 0 aliphatic carbocycles. The minimum atomic E-state index is -0.0539. The van der Waals surface area contributed by atoms with Crippen LogP contribution in [0.15, 0.2) is 24.5 Å². The van der Waals surface area contributed by atoms with E-state index >= 15 is 0 Å². The Morgan fingerprint density at radius 1 is 1.20 bits per heavy atom. The number of rotatable bonds is 5. The van der Waals surface area contributed by atoms with E-state index in [9.17, 15) is 4.79 Å². The van der Waals surface area contributed by atoms with Crippen LogP contribution in [0, 0.1) is 0 Å². The number of nitrogens with one attached hydrogen (secondary N) is 1. The predicted molar refractivity (Wildman–Crippen MR) is 96.2 cm³/mol. The lowest BCUT2D eigenvalue weighted by Gasteiger charge is -2.26. The van der Waals surface area contributed by atoms with Gasteiger partial charge in [-0.05, 0) is 25.0 Å². The van der Waals surface area contributed by atoms with Gasteiger partial charge in [0.15, 0.2) is 0 Å². The highest BCUT2D eigenvalue weighted by Crippen LogP contribution is 2.23. The SMILES string of the molecule is O=C(NCCN1CCOCC1)c1cnn2ccc(N3CCCC3)cc12. The molecule has 0 atom stereocenters. The van der Waals surface area contributed by atoms with Crippen LogP contribution in [-0.4, -0.2) is 72.9 Å². The molecule has 25 heavy (non-hydrogen) atoms. The zero-order chi connectivity index (χ0) is 17.1. The Bertz CT molecular complexity index is 732. The van der Waals surface area contributed by atoms with Gasteiger partial charge in [0.05, 0.1) is 30.5 Å². The van der Waals surface area contributed by atoms with Gasteiger partial charge in [-0.2, -0.15) is 5.10 Å². The number of ether oxygens (including phenoxy) is 1. The average molecular weight is 343 g/mol. The molecule has 2 aromatic heterocycles. The summed E-state index contributed by atoms with van der Waals surface area (Å²) in [5.74, 6) is -0.0539. The first-order valence-electron chi connectivity index (χ1n) is 9.12. The van der Waals surface area contributed by atoms with Gasteiger partial charge in [0.2, 0.25) is 0 Å². The summed E-state index contributed by atoms with van der Waals surface area (Å²) in [7, 11) is 0. The van der Waals surface area contributed by atoms with E-state index in [0.717, 1.165) is 51.5 Å². The summed E-state index contributed by atoms with van der Waals surface area (Å²) in [6.07, 6.45) is 6.07. The molecular formula is C18H25N5O2. The number of pyridine rings is 1. The lowest BCUT2D eigenvalue weighted by Crippen LogP contribution is -2.41. The van der Waals surface area contributed by atoms with Crippen molar-refractivity contribution in [3.8, 4) is 0 Å². The van der Waals surface area contributed by atoms with E-state index in [1.54, 1.807) is 10.7 Å². The number of anilines is 1. The first-order chi connectivity index (χ1) is 12.3. The van der Waals surface area contributed by atoms with Crippen molar-refractivity contribution in [1.29, 1.82) is 0 Å². The fourth-order valence-electron chi connectivity index (χ4n) is 3.56. The van der Waals surface area contributed by atoms with Crippen LogP contribution in [0.1, 0.15) is 23.2 Å². The van der Waals surface area contributed by atoms with Gasteiger partial charge in [-0.3, -0.25) is 9.69 Å². The molecule has 0 spiro atoms. The zero-order valence-corrected chi connectivity index (χ0v) is 14.5. The van der Waals surface area contributed by atoms with Crippen LogP contribution in [0.4, 0.5) is 5.69 Å². The van der Waals surface area contributed by atoms with Crippen molar-refractivity contribution in [3.63, 3.8) is 0 Å². The molecule has 2 aromatic rings. The van der Waals surface area contributed by atoms with Crippen LogP contribution in [0.2, 0.25) is 0 Å². The molecular weight excluding hydrogens is 318 g/mol. The molecule has 4 heterocycles. The minimum absolute atomic E-state index is 0.0539. The molecule has 1 amide bonds. The maximum Gasteiger partial charge on any atom is 0.255 e. The number of carbonyl (C=O) groups excluding carboxylic acids is 1. The number of hydrogen-bond donors (Lipinski definition) is 1. The second-order valence-corrected chi connectivity index (χ2v) is 6.68. The van der Waals surface area contributed by atoms with Crippen LogP contribution in [0.25, 0.3) is 5.52 Å². The third kappa shape index (κ3) is 3.62. The van der Waals surface area contributed by atoms with Crippen molar-refractivity contribution >= 4 is 17.1 Å². The van der Waals surface area contributed by atoms with Crippen LogP contribution in [0.5, 0.6) is 0 Å². The van der Waals surface area contributed by atoms with E-state index in [1.165, 1.54) is 18.5 Å². The molecule has 0 unspecified atom stereocenters. The summed E-state index contributed by atoms with van der Waals surface area (Å²) < 4.78 is 7.12. The maximum absolute atomic E-state index is 12.6. The Kier molecular flexibility index (Phi) is 4.85. The van der Waals surface area contributed by atoms with Crippen molar-refractivity contribution in [1.82, 2.24) is 19.8 Å². The summed E-state index contributed by atoms with van der Waals surface area (Å²) in [5.41, 5.74) is 2.68. The van der Waals surface area contributed by atoms with E-state index in [1.807, 2.05) is 6.20 Å². The number of nitrogens with zero attached hydrogens (tertiary/aromatic N) is 4. The van der Waals surface area contributed by atoms with Gasteiger partial charge < -0.3 is 15.0 Å². The summed E-state index contributed by atoms with van der Waals surface area (Å²) in [6, 6.07) is 4.15. The number of morpholine rings is 1. The molecule has 134 valence electrons. The first kappa shape index (κ1) is 16.4. The van der Waals surface area contributed by atoms with Gasteiger partial charge in [0.25, 0.3) is 5.91 Å². The molecule has 4 rings (SSSR count). The highest BCUT2D eigenvalue weighted by atomic mass is 16.5. The zero-order valence-electron chi connectivity index (χ0n) is 14.5. The van der Waals surface area contributed by atoms with Crippen molar-refractivity contribution in [2.75, 3.05) is 57.4 Å². The molecule has 7 nitrogen and oxygen atoms in total. The summed E-state index contributed by atoms with van der Waals surface area (Å²) in [5, 5.41) is 7.34. The molecule has 7 heteroatoms. The standard InChI is InChI=1S/C18H25N5O2/c24-18(19-4-8-21-9-11-25-12-10-21)16-14-20-23-7-3-15(13-17(16)23)22-5-1-2-6-22/h3,7,13-14H,1-2,4-6,8-12H2,(H,19,24). The normalized spacial score (nSPS) is 18.8. The molecule has 2 saturated heterocycles. The number of aromatic nitrogens is 2. The van der Waals surface area contributed by atoms with Crippen molar-refractivity contribution in [2.24, 2.45) is 0 Å². The van der Waals surface area contributed by atoms with E-state index in [2.05, 4.69) is 32.3 Å². The lowest BCUT2D eigenvalue weighted by molar-refractivity contribution is 0.0383. The molecule has 2 fully saturated rings. The van der Waals surface area contributed by atoms with Crippen LogP contribution in [-0.2, 0) is 4.74 Å². The Hall–Kier alpha value is -2.12. The van der Waals surface area contributed by atoms with Gasteiger partial charge in [-0.15, -0.1) is 0 Å². The highest BCUT2D eigenvalue weighted by Gasteiger charge is 2.17. The van der Waals surface area contributed by atoms with Crippen molar-refractivity contribution in [2.45, 2.75) is 12.8 Å². The Labute approximate surface area is 147 Å². The van der Waals surface area contributed by atoms with E-state index < -0.39 is 0 Å². The molecule has 0 radical (unpaired) electrons. The topological polar surface area (TPSA) is 62.1 Å². The number of fused-ring (bicyclic) bond motifs is 1. The third-order valence-electron chi connectivity index (χ3n) is 5.04. The van der Waals surface area contributed by atoms with Crippen LogP contribution >= 0.6 is 0 Å². The second kappa shape index (κ2) is 7.41. The van der Waals surface area contributed by atoms with Gasteiger partial charge in [0.1, 0.15) is 0 Å². The molecule has 2 aliphatic rings. The fraction of sp³-hybridized carbons (Fsp3) is 0.556. The molecule has 0 saturated carbocycles. The van der Waals surface area contributed by atoms with Gasteiger partial charge in [-0.1, -0.05) is 0 Å². The predicted octanol–water partition coefficient (Wildman–Crippen LogP) is 0.997. The lowest BCUT2D eigenvalue weighted by atomic mass is 10.2. The third-order valence-corrected chi connectivity index (χ3v) is 5.04. The first-order valence-corrected chi connectivity index (χ1v) is 9.12. The molecule has 1 N–H and O–H groups in total. The maximum atomic E-state index is 12.6. The number of carbonyl (C=O) groups is 1. The van der Waals surface area contributed by atoms with Crippen LogP contribution in [0.3, 0.4) is 0 Å². The summed E-state index contributed by atoms with van der Waals surface area (Å²) in [4.78, 5) is 17.3.